The summed E-state index contributed by atoms with van der Waals surface area (Å²) in [4.78, 5) is 4.47. The van der Waals surface area contributed by atoms with Gasteiger partial charge in [-0.1, -0.05) is 0 Å². The molecule has 1 radical (unpaired) electrons. The maximum Gasteiger partial charge on any atom is 0.0575 e. The lowest BCUT2D eigenvalue weighted by Gasteiger charge is -2.11. The molecule has 53 valence electrons. The Labute approximate surface area is 57.4 Å². The third-order valence-electron chi connectivity index (χ3n) is 1.82. The van der Waals surface area contributed by atoms with Crippen molar-refractivity contribution in [2.45, 2.75) is 12.5 Å². The summed E-state index contributed by atoms with van der Waals surface area (Å²) in [7, 11) is 8.47. The lowest BCUT2D eigenvalue weighted by molar-refractivity contribution is 0.364. The molecule has 1 aliphatic carbocycles. The predicted octanol–water partition coefficient (Wildman–Crippen LogP) is 0.414. The van der Waals surface area contributed by atoms with Gasteiger partial charge in [-0.25, -0.2) is 0 Å². The number of nitrogens with zero attached hydrogens (tertiary/aromatic N) is 2. The molecule has 1 rings (SSSR count). The van der Waals surface area contributed by atoms with Crippen LogP contribution in [0.4, 0.5) is 0 Å². The van der Waals surface area contributed by atoms with Gasteiger partial charge in [0.2, 0.25) is 0 Å². The molecule has 0 saturated heterocycles. The molecule has 2 heteroatoms. The normalized spacial score (nSPS) is 28.0. The van der Waals surface area contributed by atoms with Crippen LogP contribution in [0.25, 0.3) is 0 Å². The monoisotopic (exact) mass is 127 g/mol. The summed E-state index contributed by atoms with van der Waals surface area (Å²) >= 11 is 0. The topological polar surface area (TPSA) is 6.48 Å². The minimum absolute atomic E-state index is 0.736. The van der Waals surface area contributed by atoms with Crippen LogP contribution in [0.1, 0.15) is 6.42 Å². The van der Waals surface area contributed by atoms with E-state index < -0.39 is 0 Å². The molecule has 0 amide bonds. The van der Waals surface area contributed by atoms with Gasteiger partial charge in [-0.15, -0.1) is 0 Å². The zero-order chi connectivity index (χ0) is 7.02. The Hall–Kier alpha value is -0.0800. The quantitative estimate of drug-likeness (QED) is 0.530. The van der Waals surface area contributed by atoms with Crippen LogP contribution in [-0.4, -0.2) is 44.0 Å². The number of hydrogen-bond acceptors (Lipinski definition) is 2. The highest BCUT2D eigenvalue weighted by Gasteiger charge is 2.41. The molecule has 0 aliphatic heterocycles. The van der Waals surface area contributed by atoms with Gasteiger partial charge in [0.05, 0.1) is 6.04 Å². The molecule has 2 nitrogen and oxygen atoms in total. The lowest BCUT2D eigenvalue weighted by atomic mass is 10.5. The molecule has 0 bridgehead atoms. The maximum absolute atomic E-state index is 2.26. The minimum Gasteiger partial charge on any atom is -0.304 e. The smallest absolute Gasteiger partial charge is 0.0575 e. The Balaban J connectivity index is 2.24. The van der Waals surface area contributed by atoms with E-state index in [1.54, 1.807) is 6.04 Å². The van der Waals surface area contributed by atoms with Crippen LogP contribution >= 0.6 is 0 Å². The highest BCUT2D eigenvalue weighted by atomic mass is 15.2. The van der Waals surface area contributed by atoms with Gasteiger partial charge < -0.3 is 9.80 Å². The first-order valence-electron chi connectivity index (χ1n) is 3.32. The number of hydrogen-bond donors (Lipinski definition) is 0. The first-order valence-corrected chi connectivity index (χ1v) is 3.32. The van der Waals surface area contributed by atoms with Crippen molar-refractivity contribution in [1.82, 2.24) is 9.80 Å². The van der Waals surface area contributed by atoms with Crippen molar-refractivity contribution in [3.8, 4) is 0 Å². The molecule has 0 aromatic carbocycles. The fourth-order valence-electron chi connectivity index (χ4n) is 1.10. The Morgan fingerprint density at radius 3 is 1.89 bits per heavy atom. The number of likely N-dealkylation sites (N-methyl/N-ethyl adjacent to an activating group) is 2. The zero-order valence-electron chi connectivity index (χ0n) is 6.68. The largest absolute Gasteiger partial charge is 0.304 e. The van der Waals surface area contributed by atoms with Gasteiger partial charge in [0.15, 0.2) is 0 Å². The van der Waals surface area contributed by atoms with Crippen LogP contribution < -0.4 is 0 Å². The van der Waals surface area contributed by atoms with Crippen molar-refractivity contribution >= 4 is 0 Å². The van der Waals surface area contributed by atoms with Gasteiger partial charge in [0.1, 0.15) is 0 Å². The summed E-state index contributed by atoms with van der Waals surface area (Å²) < 4.78 is 0. The van der Waals surface area contributed by atoms with E-state index in [1.807, 2.05) is 0 Å². The van der Waals surface area contributed by atoms with Crippen molar-refractivity contribution in [1.29, 1.82) is 0 Å². The fraction of sp³-hybridized carbons (Fsp3) is 0.857. The van der Waals surface area contributed by atoms with Crippen molar-refractivity contribution in [3.05, 3.63) is 6.04 Å². The van der Waals surface area contributed by atoms with E-state index in [9.17, 15) is 0 Å². The van der Waals surface area contributed by atoms with Gasteiger partial charge in [0.25, 0.3) is 0 Å². The van der Waals surface area contributed by atoms with Crippen LogP contribution in [0.3, 0.4) is 0 Å². The van der Waals surface area contributed by atoms with E-state index in [4.69, 9.17) is 0 Å². The first-order chi connectivity index (χ1) is 4.13. The van der Waals surface area contributed by atoms with Crippen molar-refractivity contribution in [2.24, 2.45) is 0 Å². The van der Waals surface area contributed by atoms with Crippen LogP contribution in [-0.2, 0) is 0 Å². The second kappa shape index (κ2) is 2.27. The average Bonchev–Trinajstić information content (AvgIpc) is 2.39. The molecule has 1 atom stereocenters. The predicted molar refractivity (Wildman–Crippen MR) is 39.0 cm³/mol. The zero-order valence-corrected chi connectivity index (χ0v) is 6.68. The van der Waals surface area contributed by atoms with Gasteiger partial charge in [-0.3, -0.25) is 0 Å². The van der Waals surface area contributed by atoms with E-state index in [0.717, 1.165) is 6.04 Å². The van der Waals surface area contributed by atoms with Crippen LogP contribution in [0.5, 0.6) is 0 Å². The molecule has 1 saturated carbocycles. The minimum atomic E-state index is 0.736. The summed E-state index contributed by atoms with van der Waals surface area (Å²) in [5.74, 6) is 0. The van der Waals surface area contributed by atoms with Gasteiger partial charge in [-0.05, 0) is 34.6 Å². The summed E-state index contributed by atoms with van der Waals surface area (Å²) in [6.45, 7) is 0. The van der Waals surface area contributed by atoms with Gasteiger partial charge in [-0.2, -0.15) is 0 Å². The SMILES string of the molecule is CN(C)[C]1CC1N(C)C. The Morgan fingerprint density at radius 2 is 1.78 bits per heavy atom. The summed E-state index contributed by atoms with van der Waals surface area (Å²) in [5.41, 5.74) is 0. The second-order valence-corrected chi connectivity index (χ2v) is 3.07. The van der Waals surface area contributed by atoms with Crippen LogP contribution in [0.2, 0.25) is 0 Å². The number of rotatable bonds is 2. The van der Waals surface area contributed by atoms with E-state index >= 15 is 0 Å². The third kappa shape index (κ3) is 1.43. The molecule has 0 aromatic heterocycles. The molecule has 1 aliphatic rings. The highest BCUT2D eigenvalue weighted by molar-refractivity contribution is 5.17. The Morgan fingerprint density at radius 1 is 1.22 bits per heavy atom. The van der Waals surface area contributed by atoms with Crippen LogP contribution in [0.15, 0.2) is 0 Å². The molecular formula is C7H15N2. The molecular weight excluding hydrogens is 112 g/mol. The molecule has 0 heterocycles. The van der Waals surface area contributed by atoms with E-state index in [0.29, 0.717) is 0 Å². The third-order valence-corrected chi connectivity index (χ3v) is 1.82. The van der Waals surface area contributed by atoms with Crippen molar-refractivity contribution in [3.63, 3.8) is 0 Å². The Kier molecular flexibility index (Phi) is 1.78. The Bertz CT molecular complexity index is 87.1. The highest BCUT2D eigenvalue weighted by Crippen LogP contribution is 2.37. The van der Waals surface area contributed by atoms with Crippen molar-refractivity contribution in [2.75, 3.05) is 28.2 Å². The standard InChI is InChI=1S/C7H15N2/c1-8(2)6-5-7(6)9(3)4/h6H,5H2,1-4H3. The molecule has 1 fully saturated rings. The maximum atomic E-state index is 2.26. The van der Waals surface area contributed by atoms with Gasteiger partial charge in [0, 0.05) is 6.04 Å². The fourth-order valence-corrected chi connectivity index (χ4v) is 1.10. The molecule has 9 heavy (non-hydrogen) atoms. The summed E-state index contributed by atoms with van der Waals surface area (Å²) in [6, 6.07) is 2.29. The molecule has 1 unspecified atom stereocenters. The molecule has 0 N–H and O–H groups in total. The molecule has 0 spiro atoms. The average molecular weight is 127 g/mol. The second-order valence-electron chi connectivity index (χ2n) is 3.07. The van der Waals surface area contributed by atoms with E-state index in [2.05, 4.69) is 38.0 Å². The van der Waals surface area contributed by atoms with Crippen molar-refractivity contribution < 1.29 is 0 Å². The summed E-state index contributed by atoms with van der Waals surface area (Å²) in [5, 5.41) is 0. The van der Waals surface area contributed by atoms with Crippen LogP contribution in [0, 0.1) is 6.04 Å². The molecule has 0 aromatic rings. The van der Waals surface area contributed by atoms with E-state index in [-0.39, 0.29) is 0 Å². The summed E-state index contributed by atoms with van der Waals surface area (Å²) in [6.07, 6.45) is 1.26. The lowest BCUT2D eigenvalue weighted by Crippen LogP contribution is -2.20. The van der Waals surface area contributed by atoms with E-state index in [1.165, 1.54) is 6.42 Å². The first kappa shape index (κ1) is 7.03. The van der Waals surface area contributed by atoms with Gasteiger partial charge >= 0.3 is 0 Å².